The van der Waals surface area contributed by atoms with Crippen LogP contribution in [0.1, 0.15) is 52.4 Å². The van der Waals surface area contributed by atoms with Crippen LogP contribution in [-0.2, 0) is 18.3 Å². The molecule has 2 aliphatic heterocycles. The quantitative estimate of drug-likeness (QED) is 0.300. The molecule has 0 radical (unpaired) electrons. The van der Waals surface area contributed by atoms with Crippen LogP contribution < -0.4 is 20.9 Å². The molecule has 13 heteroatoms. The highest BCUT2D eigenvalue weighted by molar-refractivity contribution is 6.36. The maximum atomic E-state index is 15.6. The third kappa shape index (κ3) is 5.16. The number of amides is 2. The Hall–Kier alpha value is -4.68. The Morgan fingerprint density at radius 3 is 2.57 bits per heavy atom. The maximum Gasteiger partial charge on any atom is 0.279 e. The van der Waals surface area contributed by atoms with Crippen molar-refractivity contribution in [1.29, 1.82) is 0 Å². The van der Waals surface area contributed by atoms with Gasteiger partial charge in [-0.15, -0.1) is 0 Å². The molecule has 2 N–H and O–H groups in total. The van der Waals surface area contributed by atoms with E-state index in [9.17, 15) is 14.4 Å². The number of likely N-dealkylation sites (tertiary alicyclic amines) is 1. The molecular weight excluding hydrogens is 630 g/mol. The predicted molar refractivity (Wildman–Crippen MR) is 171 cm³/mol. The van der Waals surface area contributed by atoms with Gasteiger partial charge in [-0.05, 0) is 73.7 Å². The van der Waals surface area contributed by atoms with Gasteiger partial charge in [0.05, 0.1) is 23.4 Å². The molecule has 0 bridgehead atoms. The summed E-state index contributed by atoms with van der Waals surface area (Å²) in [7, 11) is 2.97. The average Bonchev–Trinajstić information content (AvgIpc) is 3.64. The molecule has 1 atom stereocenters. The molecule has 4 aromatic rings. The monoisotopic (exact) mass is 660 g/mol. The van der Waals surface area contributed by atoms with Crippen molar-refractivity contribution in [1.82, 2.24) is 25.0 Å². The normalized spacial score (nSPS) is 18.2. The van der Waals surface area contributed by atoms with Crippen molar-refractivity contribution in [2.45, 2.75) is 44.2 Å². The van der Waals surface area contributed by atoms with Gasteiger partial charge in [0.15, 0.2) is 0 Å². The van der Waals surface area contributed by atoms with Gasteiger partial charge >= 0.3 is 0 Å². The number of anilines is 1. The molecule has 0 saturated carbocycles. The van der Waals surface area contributed by atoms with E-state index in [1.165, 1.54) is 44.4 Å². The third-order valence-electron chi connectivity index (χ3n) is 9.54. The second-order valence-electron chi connectivity index (χ2n) is 12.4. The standard InChI is InChI=1S/C34H31ClF2N6O4/c1-17-23(39-31(45)20-11-13-38-42(2)33(20)46)8-7-21(36)27(17)29-22(37)6-5-19(30(29)35)24-14-18-4-9-25(28(18)32(40-24)47-3)43-15-34(16-43)12-10-26(44)41-34/h5-8,11,13-14,25H,4,9-10,12,15-16H2,1-3H3,(H,39,45)(H,41,44). The van der Waals surface area contributed by atoms with Gasteiger partial charge in [-0.25, -0.2) is 18.4 Å². The minimum Gasteiger partial charge on any atom is -0.481 e. The predicted octanol–water partition coefficient (Wildman–Crippen LogP) is 4.96. The van der Waals surface area contributed by atoms with Gasteiger partial charge in [-0.2, -0.15) is 5.10 Å². The van der Waals surface area contributed by atoms with E-state index in [1.807, 2.05) is 6.07 Å². The van der Waals surface area contributed by atoms with Crippen molar-refractivity contribution in [3.63, 3.8) is 0 Å². The minimum atomic E-state index is -0.758. The molecule has 10 nitrogen and oxygen atoms in total. The van der Waals surface area contributed by atoms with Crippen molar-refractivity contribution in [3.05, 3.63) is 91.9 Å². The van der Waals surface area contributed by atoms with E-state index in [0.717, 1.165) is 54.2 Å². The number of ether oxygens (including phenoxy) is 1. The number of rotatable bonds is 6. The molecule has 2 saturated heterocycles. The number of carbonyl (C=O) groups excluding carboxylic acids is 2. The lowest BCUT2D eigenvalue weighted by molar-refractivity contribution is -0.121. The molecule has 1 spiro atoms. The second kappa shape index (κ2) is 11.5. The number of hydrogen-bond acceptors (Lipinski definition) is 7. The number of methoxy groups -OCH3 is 1. The lowest BCUT2D eigenvalue weighted by Gasteiger charge is -2.50. The Balaban J connectivity index is 1.23. The van der Waals surface area contributed by atoms with Gasteiger partial charge < -0.3 is 15.4 Å². The summed E-state index contributed by atoms with van der Waals surface area (Å²) in [6, 6.07) is 8.46. The molecule has 47 heavy (non-hydrogen) atoms. The van der Waals surface area contributed by atoms with Crippen molar-refractivity contribution in [3.8, 4) is 28.3 Å². The summed E-state index contributed by atoms with van der Waals surface area (Å²) < 4.78 is 37.9. The summed E-state index contributed by atoms with van der Waals surface area (Å²) in [5.74, 6) is -1.69. The Kier molecular flexibility index (Phi) is 7.59. The summed E-state index contributed by atoms with van der Waals surface area (Å²) in [5, 5.41) is 9.53. The minimum absolute atomic E-state index is 0.0517. The van der Waals surface area contributed by atoms with Crippen LogP contribution in [0.15, 0.2) is 47.4 Å². The molecule has 1 aliphatic carbocycles. The van der Waals surface area contributed by atoms with Crippen molar-refractivity contribution in [2.75, 3.05) is 25.5 Å². The van der Waals surface area contributed by atoms with E-state index >= 15 is 8.78 Å². The number of nitrogens with one attached hydrogen (secondary N) is 2. The van der Waals surface area contributed by atoms with Crippen molar-refractivity contribution < 1.29 is 23.1 Å². The molecule has 2 aromatic heterocycles. The Morgan fingerprint density at radius 1 is 1.11 bits per heavy atom. The molecule has 242 valence electrons. The van der Waals surface area contributed by atoms with Crippen LogP contribution in [0.5, 0.6) is 5.88 Å². The highest BCUT2D eigenvalue weighted by Crippen LogP contribution is 2.48. The van der Waals surface area contributed by atoms with Crippen LogP contribution in [0, 0.1) is 18.6 Å². The van der Waals surface area contributed by atoms with E-state index in [1.54, 1.807) is 7.11 Å². The van der Waals surface area contributed by atoms with Gasteiger partial charge in [-0.1, -0.05) is 11.6 Å². The number of fused-ring (bicyclic) bond motifs is 1. The molecule has 2 fully saturated rings. The van der Waals surface area contributed by atoms with Crippen LogP contribution in [0.4, 0.5) is 14.5 Å². The summed E-state index contributed by atoms with van der Waals surface area (Å²) in [4.78, 5) is 44.4. The van der Waals surface area contributed by atoms with Crippen molar-refractivity contribution >= 4 is 29.1 Å². The number of hydrogen-bond donors (Lipinski definition) is 2. The fourth-order valence-electron chi connectivity index (χ4n) is 7.17. The summed E-state index contributed by atoms with van der Waals surface area (Å²) in [6.45, 7) is 3.07. The van der Waals surface area contributed by atoms with Crippen LogP contribution in [0.3, 0.4) is 0 Å². The molecule has 3 aliphatic rings. The Morgan fingerprint density at radius 2 is 1.85 bits per heavy atom. The van der Waals surface area contributed by atoms with Crippen LogP contribution in [0.2, 0.25) is 5.02 Å². The summed E-state index contributed by atoms with van der Waals surface area (Å²) in [6.07, 6.45) is 4.33. The van der Waals surface area contributed by atoms with Crippen molar-refractivity contribution in [2.24, 2.45) is 7.05 Å². The highest BCUT2D eigenvalue weighted by Gasteiger charge is 2.51. The molecular formula is C34H31ClF2N6O4. The largest absolute Gasteiger partial charge is 0.481 e. The fourth-order valence-corrected chi connectivity index (χ4v) is 7.52. The fraction of sp³-hybridized carbons (Fsp3) is 0.324. The number of carbonyl (C=O) groups is 2. The lowest BCUT2D eigenvalue weighted by Crippen LogP contribution is -2.67. The van der Waals surface area contributed by atoms with E-state index < -0.39 is 23.1 Å². The molecule has 1 unspecified atom stereocenters. The molecule has 2 aromatic carbocycles. The van der Waals surface area contributed by atoms with Gasteiger partial charge in [0.1, 0.15) is 17.2 Å². The average molecular weight is 661 g/mol. The number of benzene rings is 2. The van der Waals surface area contributed by atoms with Gasteiger partial charge in [0.2, 0.25) is 11.8 Å². The Bertz CT molecular complexity index is 2040. The number of aryl methyl sites for hydroxylation is 2. The van der Waals surface area contributed by atoms with Gasteiger partial charge in [-0.3, -0.25) is 19.3 Å². The first-order valence-corrected chi connectivity index (χ1v) is 15.6. The lowest BCUT2D eigenvalue weighted by atomic mass is 9.86. The second-order valence-corrected chi connectivity index (χ2v) is 12.8. The number of halogens is 3. The third-order valence-corrected chi connectivity index (χ3v) is 9.93. The summed E-state index contributed by atoms with van der Waals surface area (Å²) in [5.41, 5.74) is 2.03. The number of aromatic nitrogens is 3. The summed E-state index contributed by atoms with van der Waals surface area (Å²) >= 11 is 6.89. The Labute approximate surface area is 273 Å². The van der Waals surface area contributed by atoms with Crippen LogP contribution >= 0.6 is 11.6 Å². The zero-order valence-electron chi connectivity index (χ0n) is 25.9. The molecule has 2 amide bonds. The van der Waals surface area contributed by atoms with Gasteiger partial charge in [0, 0.05) is 66.7 Å². The number of pyridine rings is 1. The van der Waals surface area contributed by atoms with E-state index in [4.69, 9.17) is 21.3 Å². The molecule has 7 rings (SSSR count). The topological polar surface area (TPSA) is 118 Å². The smallest absolute Gasteiger partial charge is 0.279 e. The van der Waals surface area contributed by atoms with Crippen LogP contribution in [-0.4, -0.2) is 57.2 Å². The molecule has 4 heterocycles. The first-order valence-electron chi connectivity index (χ1n) is 15.2. The van der Waals surface area contributed by atoms with E-state index in [-0.39, 0.29) is 50.5 Å². The maximum absolute atomic E-state index is 15.6. The highest BCUT2D eigenvalue weighted by atomic mass is 35.5. The zero-order chi connectivity index (χ0) is 33.2. The first kappa shape index (κ1) is 30.9. The first-order chi connectivity index (χ1) is 22.5. The van der Waals surface area contributed by atoms with Gasteiger partial charge in [0.25, 0.3) is 11.5 Å². The SMILES string of the molecule is COc1nc(-c2ccc(F)c(-c3c(F)ccc(NC(=O)c4ccnn(C)c4=O)c3C)c2Cl)cc2c1C(N1CC3(CCC(=O)N3)C1)CC2. The van der Waals surface area contributed by atoms with E-state index in [0.29, 0.717) is 23.6 Å². The van der Waals surface area contributed by atoms with Crippen LogP contribution in [0.25, 0.3) is 22.4 Å². The number of nitrogens with zero attached hydrogens (tertiary/aromatic N) is 4. The zero-order valence-corrected chi connectivity index (χ0v) is 26.7. The van der Waals surface area contributed by atoms with E-state index in [2.05, 4.69) is 20.6 Å².